The molecule has 0 aromatic carbocycles. The second kappa shape index (κ2) is 6.50. The molecule has 4 heteroatoms. The van der Waals surface area contributed by atoms with Crippen LogP contribution in [0, 0.1) is 0 Å². The molecule has 1 aromatic rings. The van der Waals surface area contributed by atoms with E-state index in [2.05, 4.69) is 28.6 Å². The zero-order chi connectivity index (χ0) is 12.8. The van der Waals surface area contributed by atoms with Crippen LogP contribution in [0.15, 0.2) is 18.3 Å². The fraction of sp³-hybridized carbons (Fsp3) is 0.571. The molecule has 0 radical (unpaired) electrons. The molecule has 1 heterocycles. The highest BCUT2D eigenvalue weighted by Crippen LogP contribution is 2.28. The van der Waals surface area contributed by atoms with Gasteiger partial charge in [-0.05, 0) is 30.9 Å². The molecule has 0 spiro atoms. The van der Waals surface area contributed by atoms with Crippen LogP contribution in [-0.4, -0.2) is 24.0 Å². The lowest BCUT2D eigenvalue weighted by atomic mass is 10.2. The number of nitrogens with zero attached hydrogens (tertiary/aromatic N) is 1. The molecule has 0 bridgehead atoms. The number of hydrogen-bond donors (Lipinski definition) is 2. The van der Waals surface area contributed by atoms with E-state index in [9.17, 15) is 4.79 Å². The van der Waals surface area contributed by atoms with E-state index in [1.54, 1.807) is 0 Å². The van der Waals surface area contributed by atoms with E-state index in [1.807, 2.05) is 12.3 Å². The number of amides is 1. The minimum absolute atomic E-state index is 0.128. The third-order valence-corrected chi connectivity index (χ3v) is 3.27. The van der Waals surface area contributed by atoms with Gasteiger partial charge in [0.15, 0.2) is 0 Å². The topological polar surface area (TPSA) is 54.0 Å². The molecule has 0 fully saturated rings. The Morgan fingerprint density at radius 1 is 1.50 bits per heavy atom. The Morgan fingerprint density at radius 2 is 2.39 bits per heavy atom. The maximum absolute atomic E-state index is 11.5. The van der Waals surface area contributed by atoms with Gasteiger partial charge in [0.05, 0.1) is 11.7 Å². The number of carbonyl (C=O) groups is 1. The largest absolute Gasteiger partial charge is 0.356 e. The fourth-order valence-corrected chi connectivity index (χ4v) is 2.32. The third-order valence-electron chi connectivity index (χ3n) is 3.27. The Hall–Kier alpha value is -1.42. The minimum Gasteiger partial charge on any atom is -0.356 e. The summed E-state index contributed by atoms with van der Waals surface area (Å²) >= 11 is 0. The van der Waals surface area contributed by atoms with Gasteiger partial charge in [0.2, 0.25) is 5.91 Å². The molecule has 1 amide bonds. The first-order chi connectivity index (χ1) is 8.81. The second-order valence-corrected chi connectivity index (χ2v) is 4.69. The Morgan fingerprint density at radius 3 is 3.22 bits per heavy atom. The van der Waals surface area contributed by atoms with Crippen molar-refractivity contribution in [3.8, 4) is 0 Å². The zero-order valence-corrected chi connectivity index (χ0v) is 10.9. The van der Waals surface area contributed by atoms with Crippen LogP contribution in [0.5, 0.6) is 0 Å². The fourth-order valence-electron chi connectivity index (χ4n) is 2.32. The highest BCUT2D eigenvalue weighted by molar-refractivity contribution is 5.75. The van der Waals surface area contributed by atoms with Crippen LogP contribution in [0.25, 0.3) is 0 Å². The summed E-state index contributed by atoms with van der Waals surface area (Å²) in [4.78, 5) is 15.9. The van der Waals surface area contributed by atoms with Crippen LogP contribution in [0.4, 0.5) is 0 Å². The van der Waals surface area contributed by atoms with Gasteiger partial charge in [-0.25, -0.2) is 0 Å². The van der Waals surface area contributed by atoms with Gasteiger partial charge in [-0.1, -0.05) is 13.0 Å². The molecule has 1 unspecified atom stereocenters. The summed E-state index contributed by atoms with van der Waals surface area (Å²) in [5.41, 5.74) is 2.50. The van der Waals surface area contributed by atoms with Crippen molar-refractivity contribution >= 4 is 5.91 Å². The van der Waals surface area contributed by atoms with E-state index in [1.165, 1.54) is 5.56 Å². The van der Waals surface area contributed by atoms with Gasteiger partial charge in [-0.15, -0.1) is 0 Å². The van der Waals surface area contributed by atoms with Crippen molar-refractivity contribution in [1.82, 2.24) is 15.6 Å². The SMILES string of the molecule is CCCNC(=O)CCNC1CCc2cccnc21. The first-order valence-electron chi connectivity index (χ1n) is 6.75. The Balaban J connectivity index is 1.74. The summed E-state index contributed by atoms with van der Waals surface area (Å²) in [5, 5.41) is 6.30. The van der Waals surface area contributed by atoms with Gasteiger partial charge in [0.1, 0.15) is 0 Å². The predicted octanol–water partition coefficient (Wildman–Crippen LogP) is 1.57. The number of fused-ring (bicyclic) bond motifs is 1. The number of hydrogen-bond acceptors (Lipinski definition) is 3. The summed E-state index contributed by atoms with van der Waals surface area (Å²) in [5.74, 6) is 0.128. The number of carbonyl (C=O) groups excluding carboxylic acids is 1. The van der Waals surface area contributed by atoms with Gasteiger partial charge in [0, 0.05) is 25.7 Å². The highest BCUT2D eigenvalue weighted by Gasteiger charge is 2.22. The van der Waals surface area contributed by atoms with E-state index in [0.717, 1.165) is 38.0 Å². The second-order valence-electron chi connectivity index (χ2n) is 4.69. The lowest BCUT2D eigenvalue weighted by molar-refractivity contribution is -0.121. The van der Waals surface area contributed by atoms with E-state index in [-0.39, 0.29) is 5.91 Å². The van der Waals surface area contributed by atoms with Gasteiger partial charge >= 0.3 is 0 Å². The average molecular weight is 247 g/mol. The van der Waals surface area contributed by atoms with Crippen molar-refractivity contribution in [3.63, 3.8) is 0 Å². The van der Waals surface area contributed by atoms with Gasteiger partial charge in [0.25, 0.3) is 0 Å². The van der Waals surface area contributed by atoms with E-state index in [4.69, 9.17) is 0 Å². The molecule has 2 rings (SSSR count). The lowest BCUT2D eigenvalue weighted by Gasteiger charge is -2.12. The lowest BCUT2D eigenvalue weighted by Crippen LogP contribution is -2.29. The Labute approximate surface area is 108 Å². The Bertz CT molecular complexity index is 406. The predicted molar refractivity (Wildman–Crippen MR) is 71.2 cm³/mol. The summed E-state index contributed by atoms with van der Waals surface area (Å²) in [6, 6.07) is 4.44. The van der Waals surface area contributed by atoms with Crippen LogP contribution in [-0.2, 0) is 11.2 Å². The average Bonchev–Trinajstić information content (AvgIpc) is 2.80. The summed E-state index contributed by atoms with van der Waals surface area (Å²) in [7, 11) is 0. The van der Waals surface area contributed by atoms with Crippen molar-refractivity contribution in [2.45, 2.75) is 38.6 Å². The third kappa shape index (κ3) is 3.29. The molecule has 18 heavy (non-hydrogen) atoms. The molecular formula is C14H21N3O. The highest BCUT2D eigenvalue weighted by atomic mass is 16.1. The normalized spacial score (nSPS) is 17.5. The van der Waals surface area contributed by atoms with Gasteiger partial charge < -0.3 is 10.6 Å². The number of aromatic nitrogens is 1. The number of nitrogens with one attached hydrogen (secondary N) is 2. The van der Waals surface area contributed by atoms with Gasteiger partial charge in [-0.3, -0.25) is 9.78 Å². The first-order valence-corrected chi connectivity index (χ1v) is 6.75. The molecule has 0 saturated carbocycles. The number of pyridine rings is 1. The Kier molecular flexibility index (Phi) is 4.70. The van der Waals surface area contributed by atoms with E-state index in [0.29, 0.717) is 12.5 Å². The van der Waals surface area contributed by atoms with E-state index < -0.39 is 0 Å². The summed E-state index contributed by atoms with van der Waals surface area (Å²) in [6.07, 6.45) is 5.54. The molecule has 98 valence electrons. The maximum Gasteiger partial charge on any atom is 0.221 e. The minimum atomic E-state index is 0.128. The molecular weight excluding hydrogens is 226 g/mol. The first kappa shape index (κ1) is 13.0. The molecule has 1 atom stereocenters. The molecule has 2 N–H and O–H groups in total. The number of aryl methyl sites for hydroxylation is 1. The van der Waals surface area contributed by atoms with Crippen LogP contribution < -0.4 is 10.6 Å². The van der Waals surface area contributed by atoms with Crippen molar-refractivity contribution in [3.05, 3.63) is 29.6 Å². The smallest absolute Gasteiger partial charge is 0.221 e. The van der Waals surface area contributed by atoms with Crippen LogP contribution in [0.2, 0.25) is 0 Å². The monoisotopic (exact) mass is 247 g/mol. The molecule has 1 aliphatic carbocycles. The van der Waals surface area contributed by atoms with Crippen LogP contribution in [0.1, 0.15) is 43.5 Å². The maximum atomic E-state index is 11.5. The standard InChI is InChI=1S/C14H21N3O/c1-2-8-16-13(18)7-10-15-12-6-5-11-4-3-9-17-14(11)12/h3-4,9,12,15H,2,5-8,10H2,1H3,(H,16,18). The van der Waals surface area contributed by atoms with Crippen molar-refractivity contribution in [2.75, 3.05) is 13.1 Å². The van der Waals surface area contributed by atoms with E-state index >= 15 is 0 Å². The summed E-state index contributed by atoms with van der Waals surface area (Å²) in [6.45, 7) is 3.54. The van der Waals surface area contributed by atoms with Crippen LogP contribution >= 0.6 is 0 Å². The van der Waals surface area contributed by atoms with Crippen molar-refractivity contribution in [1.29, 1.82) is 0 Å². The van der Waals surface area contributed by atoms with Crippen LogP contribution in [0.3, 0.4) is 0 Å². The van der Waals surface area contributed by atoms with Crippen molar-refractivity contribution in [2.24, 2.45) is 0 Å². The van der Waals surface area contributed by atoms with Crippen molar-refractivity contribution < 1.29 is 4.79 Å². The number of rotatable bonds is 6. The zero-order valence-electron chi connectivity index (χ0n) is 10.9. The molecule has 0 aliphatic heterocycles. The molecule has 1 aromatic heterocycles. The summed E-state index contributed by atoms with van der Waals surface area (Å²) < 4.78 is 0. The molecule has 0 saturated heterocycles. The molecule has 1 aliphatic rings. The molecule has 4 nitrogen and oxygen atoms in total. The quantitative estimate of drug-likeness (QED) is 0.802. The van der Waals surface area contributed by atoms with Gasteiger partial charge in [-0.2, -0.15) is 0 Å².